The van der Waals surface area contributed by atoms with Gasteiger partial charge >= 0.3 is 6.09 Å². The number of hydrogen-bond donors (Lipinski definition) is 0. The molecule has 2 aromatic rings. The van der Waals surface area contributed by atoms with E-state index < -0.39 is 5.60 Å². The first-order chi connectivity index (χ1) is 11.8. The maximum absolute atomic E-state index is 12.8. The zero-order valence-electron chi connectivity index (χ0n) is 15.6. The molecule has 0 N–H and O–H groups in total. The van der Waals surface area contributed by atoms with Crippen LogP contribution in [0.25, 0.3) is 6.08 Å². The van der Waals surface area contributed by atoms with Crippen molar-refractivity contribution in [3.8, 4) is 0 Å². The van der Waals surface area contributed by atoms with Gasteiger partial charge in [0.05, 0.1) is 6.54 Å². The monoisotopic (exact) mass is 337 g/mol. The molecular formula is C22H27NO2. The summed E-state index contributed by atoms with van der Waals surface area (Å²) in [6.45, 7) is 12.6. The van der Waals surface area contributed by atoms with E-state index in [0.29, 0.717) is 13.1 Å². The van der Waals surface area contributed by atoms with Crippen LogP contribution >= 0.6 is 0 Å². The molecule has 0 aliphatic carbocycles. The Balaban J connectivity index is 2.31. The molecule has 25 heavy (non-hydrogen) atoms. The molecule has 0 fully saturated rings. The highest BCUT2D eigenvalue weighted by Crippen LogP contribution is 2.21. The zero-order valence-corrected chi connectivity index (χ0v) is 15.6. The van der Waals surface area contributed by atoms with Crippen molar-refractivity contribution in [1.82, 2.24) is 4.90 Å². The Morgan fingerprint density at radius 3 is 2.36 bits per heavy atom. The third-order valence-electron chi connectivity index (χ3n) is 3.88. The molecule has 0 atom stereocenters. The molecule has 3 nitrogen and oxygen atoms in total. The van der Waals surface area contributed by atoms with E-state index in [0.717, 1.165) is 22.3 Å². The van der Waals surface area contributed by atoms with Crippen LogP contribution in [-0.2, 0) is 17.8 Å². The number of aryl methyl sites for hydroxylation is 1. The molecule has 0 aromatic heterocycles. The van der Waals surface area contributed by atoms with E-state index in [-0.39, 0.29) is 6.09 Å². The van der Waals surface area contributed by atoms with Crippen molar-refractivity contribution in [2.24, 2.45) is 0 Å². The minimum Gasteiger partial charge on any atom is -0.444 e. The maximum atomic E-state index is 12.8. The van der Waals surface area contributed by atoms with Crippen molar-refractivity contribution < 1.29 is 9.53 Å². The summed E-state index contributed by atoms with van der Waals surface area (Å²) in [5.41, 5.74) is 3.82. The molecule has 2 rings (SSSR count). The fourth-order valence-corrected chi connectivity index (χ4v) is 2.64. The number of rotatable bonds is 5. The van der Waals surface area contributed by atoms with Crippen molar-refractivity contribution in [2.45, 2.75) is 46.4 Å². The van der Waals surface area contributed by atoms with Crippen molar-refractivity contribution in [3.63, 3.8) is 0 Å². The molecule has 0 spiro atoms. The van der Waals surface area contributed by atoms with E-state index >= 15 is 0 Å². The van der Waals surface area contributed by atoms with Gasteiger partial charge in [-0.2, -0.15) is 0 Å². The van der Waals surface area contributed by atoms with Crippen LogP contribution in [0.3, 0.4) is 0 Å². The summed E-state index contributed by atoms with van der Waals surface area (Å²) >= 11 is 0. The summed E-state index contributed by atoms with van der Waals surface area (Å²) in [6, 6.07) is 16.0. The third-order valence-corrected chi connectivity index (χ3v) is 3.88. The highest BCUT2D eigenvalue weighted by atomic mass is 16.6. The van der Waals surface area contributed by atoms with Crippen LogP contribution < -0.4 is 0 Å². The number of nitrogens with zero attached hydrogens (tertiary/aromatic N) is 1. The smallest absolute Gasteiger partial charge is 0.410 e. The van der Waals surface area contributed by atoms with E-state index in [9.17, 15) is 4.79 Å². The lowest BCUT2D eigenvalue weighted by atomic mass is 10.0. The number of benzene rings is 2. The predicted octanol–water partition coefficient (Wildman–Crippen LogP) is 5.58. The molecular weight excluding hydrogens is 310 g/mol. The quantitative estimate of drug-likeness (QED) is 0.713. The lowest BCUT2D eigenvalue weighted by Gasteiger charge is -2.28. The van der Waals surface area contributed by atoms with E-state index in [1.165, 1.54) is 0 Å². The molecule has 3 heteroatoms. The molecule has 2 aromatic carbocycles. The van der Waals surface area contributed by atoms with Crippen molar-refractivity contribution in [3.05, 3.63) is 77.4 Å². The minimum atomic E-state index is -0.529. The van der Waals surface area contributed by atoms with Crippen LogP contribution in [0.1, 0.15) is 43.0 Å². The first-order valence-corrected chi connectivity index (χ1v) is 8.53. The Morgan fingerprint density at radius 2 is 1.76 bits per heavy atom. The van der Waals surface area contributed by atoms with Crippen LogP contribution in [0, 0.1) is 6.92 Å². The number of amides is 1. The standard InChI is InChI=1S/C22H27NO2/c1-6-19-14-10-11-17(2)20(19)16-23(21(24)25-22(3,4)5)15-18-12-8-7-9-13-18/h6-14H,1,15-16H2,2-5H3. The second-order valence-electron chi connectivity index (χ2n) is 7.17. The minimum absolute atomic E-state index is 0.311. The molecule has 0 aliphatic rings. The number of carbonyl (C=O) groups is 1. The van der Waals surface area contributed by atoms with Crippen LogP contribution in [0.4, 0.5) is 4.79 Å². The first-order valence-electron chi connectivity index (χ1n) is 8.53. The maximum Gasteiger partial charge on any atom is 0.410 e. The second-order valence-corrected chi connectivity index (χ2v) is 7.17. The summed E-state index contributed by atoms with van der Waals surface area (Å²) in [5, 5.41) is 0. The summed E-state index contributed by atoms with van der Waals surface area (Å²) in [4.78, 5) is 14.5. The Kier molecular flexibility index (Phi) is 6.02. The van der Waals surface area contributed by atoms with Crippen LogP contribution in [0.15, 0.2) is 55.1 Å². The molecule has 0 unspecified atom stereocenters. The van der Waals surface area contributed by atoms with E-state index in [2.05, 4.69) is 19.6 Å². The fraction of sp³-hybridized carbons (Fsp3) is 0.318. The topological polar surface area (TPSA) is 29.5 Å². The summed E-state index contributed by atoms with van der Waals surface area (Å²) in [7, 11) is 0. The van der Waals surface area contributed by atoms with Gasteiger partial charge in [-0.15, -0.1) is 0 Å². The molecule has 132 valence electrons. The van der Waals surface area contributed by atoms with E-state index in [4.69, 9.17) is 4.74 Å². The van der Waals surface area contributed by atoms with E-state index in [1.807, 2.05) is 69.3 Å². The van der Waals surface area contributed by atoms with Gasteiger partial charge in [-0.05, 0) is 49.9 Å². The van der Waals surface area contributed by atoms with Gasteiger partial charge in [0.2, 0.25) is 0 Å². The Hall–Kier alpha value is -2.55. The average molecular weight is 337 g/mol. The molecule has 0 saturated carbocycles. The second kappa shape index (κ2) is 8.02. The van der Waals surface area contributed by atoms with Gasteiger partial charge in [-0.25, -0.2) is 4.79 Å². The highest BCUT2D eigenvalue weighted by Gasteiger charge is 2.23. The van der Waals surface area contributed by atoms with Crippen LogP contribution in [0.2, 0.25) is 0 Å². The van der Waals surface area contributed by atoms with Gasteiger partial charge in [0, 0.05) is 6.54 Å². The Labute approximate surface area is 150 Å². The molecule has 0 heterocycles. The van der Waals surface area contributed by atoms with Crippen molar-refractivity contribution >= 4 is 12.2 Å². The average Bonchev–Trinajstić information content (AvgIpc) is 2.55. The summed E-state index contributed by atoms with van der Waals surface area (Å²) < 4.78 is 5.62. The zero-order chi connectivity index (χ0) is 18.4. The number of hydrogen-bond acceptors (Lipinski definition) is 2. The molecule has 0 bridgehead atoms. The van der Waals surface area contributed by atoms with Crippen LogP contribution in [-0.4, -0.2) is 16.6 Å². The van der Waals surface area contributed by atoms with Gasteiger partial charge in [-0.3, -0.25) is 4.90 Å². The molecule has 0 radical (unpaired) electrons. The van der Waals surface area contributed by atoms with Crippen molar-refractivity contribution in [1.29, 1.82) is 0 Å². The number of ether oxygens (including phenoxy) is 1. The predicted molar refractivity (Wildman–Crippen MR) is 103 cm³/mol. The first kappa shape index (κ1) is 18.8. The Bertz CT molecular complexity index is 729. The van der Waals surface area contributed by atoms with Gasteiger partial charge in [0.15, 0.2) is 0 Å². The third kappa shape index (κ3) is 5.49. The molecule has 1 amide bonds. The summed E-state index contributed by atoms with van der Waals surface area (Å²) in [5.74, 6) is 0. The van der Waals surface area contributed by atoms with Crippen molar-refractivity contribution in [2.75, 3.05) is 0 Å². The Morgan fingerprint density at radius 1 is 1.08 bits per heavy atom. The van der Waals surface area contributed by atoms with E-state index in [1.54, 1.807) is 4.90 Å². The SMILES string of the molecule is C=Cc1cccc(C)c1CN(Cc1ccccc1)C(=O)OC(C)(C)C. The van der Waals surface area contributed by atoms with Gasteiger partial charge in [-0.1, -0.05) is 61.2 Å². The van der Waals surface area contributed by atoms with Gasteiger partial charge in [0.25, 0.3) is 0 Å². The fourth-order valence-electron chi connectivity index (χ4n) is 2.64. The van der Waals surface area contributed by atoms with Crippen LogP contribution in [0.5, 0.6) is 0 Å². The molecule has 0 aliphatic heterocycles. The number of carbonyl (C=O) groups excluding carboxylic acids is 1. The van der Waals surface area contributed by atoms with Gasteiger partial charge in [0.1, 0.15) is 5.60 Å². The normalized spacial score (nSPS) is 11.0. The van der Waals surface area contributed by atoms with Gasteiger partial charge < -0.3 is 4.74 Å². The molecule has 0 saturated heterocycles. The summed E-state index contributed by atoms with van der Waals surface area (Å²) in [6.07, 6.45) is 1.52. The lowest BCUT2D eigenvalue weighted by Crippen LogP contribution is -2.36. The highest BCUT2D eigenvalue weighted by molar-refractivity contribution is 5.69. The largest absolute Gasteiger partial charge is 0.444 e. The lowest BCUT2D eigenvalue weighted by molar-refractivity contribution is 0.0216.